The quantitative estimate of drug-likeness (QED) is 0.800. The summed E-state index contributed by atoms with van der Waals surface area (Å²) in [6.45, 7) is 3.81. The minimum atomic E-state index is -0.310. The van der Waals surface area contributed by atoms with Gasteiger partial charge in [-0.05, 0) is 37.6 Å². The van der Waals surface area contributed by atoms with Gasteiger partial charge in [0.05, 0.1) is 11.3 Å². The van der Waals surface area contributed by atoms with Crippen LogP contribution in [0.5, 0.6) is 0 Å². The minimum Gasteiger partial charge on any atom is -0.382 e. The molecule has 0 aliphatic carbocycles. The van der Waals surface area contributed by atoms with E-state index in [1.165, 1.54) is 18.3 Å². The van der Waals surface area contributed by atoms with Crippen molar-refractivity contribution in [1.29, 1.82) is 0 Å². The van der Waals surface area contributed by atoms with Gasteiger partial charge in [0.1, 0.15) is 5.82 Å². The summed E-state index contributed by atoms with van der Waals surface area (Å²) in [6.07, 6.45) is 2.27. The first-order chi connectivity index (χ1) is 10.7. The zero-order chi connectivity index (χ0) is 15.8. The fourth-order valence-electron chi connectivity index (χ4n) is 1.97. The first kappa shape index (κ1) is 16.1. The Morgan fingerprint density at radius 1 is 1.32 bits per heavy atom. The standard InChI is InChI=1S/C17H19FN2O2/c1-2-22-10-4-9-19-17(21)14-7-8-16(20-12-14)13-5-3-6-15(18)11-13/h3,5-8,11-12H,2,4,9-10H2,1H3,(H,19,21). The molecule has 0 spiro atoms. The van der Waals surface area contributed by atoms with Crippen LogP contribution in [0.2, 0.25) is 0 Å². The summed E-state index contributed by atoms with van der Waals surface area (Å²) in [5.41, 5.74) is 1.80. The Labute approximate surface area is 129 Å². The highest BCUT2D eigenvalue weighted by atomic mass is 19.1. The molecule has 4 nitrogen and oxygen atoms in total. The lowest BCUT2D eigenvalue weighted by Gasteiger charge is -2.06. The molecule has 0 aliphatic rings. The predicted molar refractivity (Wildman–Crippen MR) is 83.1 cm³/mol. The molecule has 0 unspecified atom stereocenters. The first-order valence-corrected chi connectivity index (χ1v) is 7.28. The maximum atomic E-state index is 13.2. The second-order valence-electron chi connectivity index (χ2n) is 4.75. The molecule has 22 heavy (non-hydrogen) atoms. The van der Waals surface area contributed by atoms with Gasteiger partial charge in [0.25, 0.3) is 5.91 Å². The molecular formula is C17H19FN2O2. The maximum Gasteiger partial charge on any atom is 0.252 e. The third-order valence-electron chi connectivity index (χ3n) is 3.10. The van der Waals surface area contributed by atoms with Crippen molar-refractivity contribution in [3.05, 3.63) is 54.0 Å². The number of rotatable bonds is 7. The second kappa shape index (κ2) is 8.24. The van der Waals surface area contributed by atoms with E-state index in [0.717, 1.165) is 6.42 Å². The van der Waals surface area contributed by atoms with Crippen molar-refractivity contribution < 1.29 is 13.9 Å². The number of hydrogen-bond acceptors (Lipinski definition) is 3. The van der Waals surface area contributed by atoms with Gasteiger partial charge in [-0.1, -0.05) is 12.1 Å². The molecule has 2 aromatic rings. The molecule has 0 bridgehead atoms. The Hall–Kier alpha value is -2.27. The molecule has 1 amide bonds. The predicted octanol–water partition coefficient (Wildman–Crippen LogP) is 3.04. The van der Waals surface area contributed by atoms with Crippen LogP contribution in [0, 0.1) is 5.82 Å². The molecule has 0 saturated carbocycles. The van der Waals surface area contributed by atoms with Gasteiger partial charge in [0, 0.05) is 31.5 Å². The van der Waals surface area contributed by atoms with Crippen LogP contribution in [0.1, 0.15) is 23.7 Å². The summed E-state index contributed by atoms with van der Waals surface area (Å²) in [6, 6.07) is 9.60. The number of benzene rings is 1. The molecule has 0 aliphatic heterocycles. The lowest BCUT2D eigenvalue weighted by atomic mass is 10.1. The van der Waals surface area contributed by atoms with Crippen LogP contribution in [0.25, 0.3) is 11.3 Å². The van der Waals surface area contributed by atoms with Crippen molar-refractivity contribution in [3.8, 4) is 11.3 Å². The lowest BCUT2D eigenvalue weighted by molar-refractivity contribution is 0.0944. The van der Waals surface area contributed by atoms with E-state index in [1.807, 2.05) is 6.92 Å². The zero-order valence-electron chi connectivity index (χ0n) is 12.5. The fourth-order valence-corrected chi connectivity index (χ4v) is 1.97. The van der Waals surface area contributed by atoms with Crippen LogP contribution in [-0.2, 0) is 4.74 Å². The second-order valence-corrected chi connectivity index (χ2v) is 4.75. The number of halogens is 1. The molecule has 1 aromatic carbocycles. The normalized spacial score (nSPS) is 10.5. The van der Waals surface area contributed by atoms with Gasteiger partial charge in [-0.15, -0.1) is 0 Å². The summed E-state index contributed by atoms with van der Waals surface area (Å²) in [7, 11) is 0. The average molecular weight is 302 g/mol. The fraction of sp³-hybridized carbons (Fsp3) is 0.294. The molecule has 5 heteroatoms. The van der Waals surface area contributed by atoms with Crippen molar-refractivity contribution in [2.45, 2.75) is 13.3 Å². The van der Waals surface area contributed by atoms with E-state index in [2.05, 4.69) is 10.3 Å². The number of carbonyl (C=O) groups is 1. The topological polar surface area (TPSA) is 51.2 Å². The SMILES string of the molecule is CCOCCCNC(=O)c1ccc(-c2cccc(F)c2)nc1. The van der Waals surface area contributed by atoms with Crippen molar-refractivity contribution in [3.63, 3.8) is 0 Å². The third-order valence-corrected chi connectivity index (χ3v) is 3.10. The van der Waals surface area contributed by atoms with Gasteiger partial charge in [-0.3, -0.25) is 9.78 Å². The molecule has 2 rings (SSSR count). The number of nitrogens with zero attached hydrogens (tertiary/aromatic N) is 1. The van der Waals surface area contributed by atoms with E-state index >= 15 is 0 Å². The molecular weight excluding hydrogens is 283 g/mol. The number of nitrogens with one attached hydrogen (secondary N) is 1. The molecule has 0 saturated heterocycles. The highest BCUT2D eigenvalue weighted by Gasteiger charge is 2.06. The molecule has 116 valence electrons. The zero-order valence-corrected chi connectivity index (χ0v) is 12.5. The van der Waals surface area contributed by atoms with Gasteiger partial charge < -0.3 is 10.1 Å². The van der Waals surface area contributed by atoms with Gasteiger partial charge in [-0.2, -0.15) is 0 Å². The number of carbonyl (C=O) groups excluding carboxylic acids is 1. The molecule has 1 aromatic heterocycles. The summed E-state index contributed by atoms with van der Waals surface area (Å²) in [4.78, 5) is 16.1. The lowest BCUT2D eigenvalue weighted by Crippen LogP contribution is -2.25. The van der Waals surface area contributed by atoms with E-state index in [0.29, 0.717) is 36.6 Å². The van der Waals surface area contributed by atoms with Crippen molar-refractivity contribution in [1.82, 2.24) is 10.3 Å². The number of ether oxygens (including phenoxy) is 1. The minimum absolute atomic E-state index is 0.171. The molecule has 0 radical (unpaired) electrons. The van der Waals surface area contributed by atoms with Crippen LogP contribution in [0.15, 0.2) is 42.6 Å². The Kier molecular flexibility index (Phi) is 6.03. The molecule has 0 fully saturated rings. The average Bonchev–Trinajstić information content (AvgIpc) is 2.54. The smallest absolute Gasteiger partial charge is 0.252 e. The van der Waals surface area contributed by atoms with Crippen LogP contribution < -0.4 is 5.32 Å². The highest BCUT2D eigenvalue weighted by Crippen LogP contribution is 2.17. The number of hydrogen-bond donors (Lipinski definition) is 1. The van der Waals surface area contributed by atoms with E-state index < -0.39 is 0 Å². The van der Waals surface area contributed by atoms with Gasteiger partial charge >= 0.3 is 0 Å². The Morgan fingerprint density at radius 2 is 2.18 bits per heavy atom. The number of amides is 1. The summed E-state index contributed by atoms with van der Waals surface area (Å²) in [5.74, 6) is -0.481. The summed E-state index contributed by atoms with van der Waals surface area (Å²) in [5, 5.41) is 2.81. The number of pyridine rings is 1. The largest absolute Gasteiger partial charge is 0.382 e. The van der Waals surface area contributed by atoms with E-state index in [9.17, 15) is 9.18 Å². The van der Waals surface area contributed by atoms with Gasteiger partial charge in [0.15, 0.2) is 0 Å². The molecule has 0 atom stereocenters. The summed E-state index contributed by atoms with van der Waals surface area (Å²) < 4.78 is 18.4. The monoisotopic (exact) mass is 302 g/mol. The Bertz CT molecular complexity index is 614. The molecule has 1 N–H and O–H groups in total. The van der Waals surface area contributed by atoms with E-state index in [-0.39, 0.29) is 11.7 Å². The van der Waals surface area contributed by atoms with Crippen LogP contribution in [-0.4, -0.2) is 30.6 Å². The Balaban J connectivity index is 1.92. The van der Waals surface area contributed by atoms with Gasteiger partial charge in [-0.25, -0.2) is 4.39 Å². The maximum absolute atomic E-state index is 13.2. The van der Waals surface area contributed by atoms with Crippen LogP contribution >= 0.6 is 0 Å². The third kappa shape index (κ3) is 4.63. The van der Waals surface area contributed by atoms with Crippen LogP contribution in [0.4, 0.5) is 4.39 Å². The van der Waals surface area contributed by atoms with Crippen LogP contribution in [0.3, 0.4) is 0 Å². The highest BCUT2D eigenvalue weighted by molar-refractivity contribution is 5.94. The van der Waals surface area contributed by atoms with Crippen molar-refractivity contribution in [2.75, 3.05) is 19.8 Å². The van der Waals surface area contributed by atoms with E-state index in [4.69, 9.17) is 4.74 Å². The van der Waals surface area contributed by atoms with Crippen molar-refractivity contribution in [2.24, 2.45) is 0 Å². The van der Waals surface area contributed by atoms with E-state index in [1.54, 1.807) is 24.3 Å². The summed E-state index contributed by atoms with van der Waals surface area (Å²) >= 11 is 0. The number of aromatic nitrogens is 1. The first-order valence-electron chi connectivity index (χ1n) is 7.28. The Morgan fingerprint density at radius 3 is 2.86 bits per heavy atom. The molecule has 1 heterocycles. The van der Waals surface area contributed by atoms with Crippen molar-refractivity contribution >= 4 is 5.91 Å². The van der Waals surface area contributed by atoms with Gasteiger partial charge in [0.2, 0.25) is 0 Å².